The van der Waals surface area contributed by atoms with Crippen molar-refractivity contribution in [3.63, 3.8) is 0 Å². The van der Waals surface area contributed by atoms with Crippen LogP contribution in [0.2, 0.25) is 0 Å². The molecule has 1 aliphatic heterocycles. The monoisotopic (exact) mass is 251 g/mol. The highest BCUT2D eigenvalue weighted by atomic mass is 15.4. The standard InChI is InChI=1S/C18H21N/c1-3-14-19-17(15-10-6-4-7-11-15)18(19,2)16-12-8-5-9-13-16/h4-13,17H,3,14H2,1-2H3/t17-,18+,19?/m0/s1. The highest BCUT2D eigenvalue weighted by Crippen LogP contribution is 2.59. The number of hydrogen-bond acceptors (Lipinski definition) is 1. The molecular weight excluding hydrogens is 230 g/mol. The molecule has 3 atom stereocenters. The van der Waals surface area contributed by atoms with Gasteiger partial charge in [0.25, 0.3) is 0 Å². The quantitative estimate of drug-likeness (QED) is 0.729. The van der Waals surface area contributed by atoms with E-state index in [0.29, 0.717) is 6.04 Å². The van der Waals surface area contributed by atoms with Crippen molar-refractivity contribution >= 4 is 0 Å². The van der Waals surface area contributed by atoms with Crippen molar-refractivity contribution in [1.29, 1.82) is 0 Å². The average molecular weight is 251 g/mol. The molecule has 19 heavy (non-hydrogen) atoms. The third kappa shape index (κ3) is 1.98. The molecule has 0 radical (unpaired) electrons. The maximum atomic E-state index is 2.61. The van der Waals surface area contributed by atoms with Crippen LogP contribution in [0.4, 0.5) is 0 Å². The van der Waals surface area contributed by atoms with Crippen LogP contribution < -0.4 is 0 Å². The third-order valence-electron chi connectivity index (χ3n) is 4.31. The zero-order chi connectivity index (χ0) is 13.3. The van der Waals surface area contributed by atoms with Gasteiger partial charge in [-0.05, 0) is 31.0 Å². The zero-order valence-corrected chi connectivity index (χ0v) is 11.7. The minimum Gasteiger partial charge on any atom is -0.283 e. The second kappa shape index (κ2) is 4.82. The number of rotatable bonds is 4. The van der Waals surface area contributed by atoms with Gasteiger partial charge >= 0.3 is 0 Å². The van der Waals surface area contributed by atoms with E-state index in [1.807, 2.05) is 0 Å². The highest BCUT2D eigenvalue weighted by Gasteiger charge is 2.59. The maximum Gasteiger partial charge on any atom is 0.0636 e. The summed E-state index contributed by atoms with van der Waals surface area (Å²) in [7, 11) is 0. The Morgan fingerprint density at radius 2 is 1.53 bits per heavy atom. The topological polar surface area (TPSA) is 3.01 Å². The van der Waals surface area contributed by atoms with Crippen molar-refractivity contribution in [2.45, 2.75) is 31.8 Å². The lowest BCUT2D eigenvalue weighted by molar-refractivity contribution is 0.425. The van der Waals surface area contributed by atoms with Gasteiger partial charge in [-0.2, -0.15) is 0 Å². The first-order valence-corrected chi connectivity index (χ1v) is 7.15. The first-order valence-electron chi connectivity index (χ1n) is 7.15. The average Bonchev–Trinajstić information content (AvgIpc) is 3.07. The van der Waals surface area contributed by atoms with Gasteiger partial charge < -0.3 is 0 Å². The van der Waals surface area contributed by atoms with E-state index in [4.69, 9.17) is 0 Å². The Bertz CT molecular complexity index is 534. The van der Waals surface area contributed by atoms with Crippen LogP contribution in [-0.2, 0) is 5.54 Å². The molecular formula is C18H21N. The lowest BCUT2D eigenvalue weighted by Gasteiger charge is -2.12. The molecule has 0 saturated carbocycles. The van der Waals surface area contributed by atoms with Crippen LogP contribution >= 0.6 is 0 Å². The van der Waals surface area contributed by atoms with Crippen molar-refractivity contribution in [1.82, 2.24) is 4.90 Å². The molecule has 0 amide bonds. The van der Waals surface area contributed by atoms with E-state index < -0.39 is 0 Å². The van der Waals surface area contributed by atoms with Gasteiger partial charge in [-0.1, -0.05) is 67.6 Å². The second-order valence-electron chi connectivity index (χ2n) is 5.52. The lowest BCUT2D eigenvalue weighted by atomic mass is 9.93. The van der Waals surface area contributed by atoms with E-state index in [2.05, 4.69) is 79.4 Å². The van der Waals surface area contributed by atoms with Gasteiger partial charge in [0.2, 0.25) is 0 Å². The molecule has 0 N–H and O–H groups in total. The van der Waals surface area contributed by atoms with E-state index >= 15 is 0 Å². The summed E-state index contributed by atoms with van der Waals surface area (Å²) in [5, 5.41) is 0. The summed E-state index contributed by atoms with van der Waals surface area (Å²) in [6.45, 7) is 5.78. The van der Waals surface area contributed by atoms with Gasteiger partial charge in [0.05, 0.1) is 11.6 Å². The normalized spacial score (nSPS) is 29.2. The van der Waals surface area contributed by atoms with E-state index in [9.17, 15) is 0 Å². The van der Waals surface area contributed by atoms with Crippen LogP contribution in [0, 0.1) is 0 Å². The van der Waals surface area contributed by atoms with Crippen LogP contribution in [0.3, 0.4) is 0 Å². The minimum absolute atomic E-state index is 0.165. The summed E-state index contributed by atoms with van der Waals surface area (Å²) in [4.78, 5) is 2.61. The molecule has 1 unspecified atom stereocenters. The number of hydrogen-bond donors (Lipinski definition) is 0. The summed E-state index contributed by atoms with van der Waals surface area (Å²) >= 11 is 0. The Morgan fingerprint density at radius 3 is 2.11 bits per heavy atom. The van der Waals surface area contributed by atoms with Crippen LogP contribution in [0.15, 0.2) is 60.7 Å². The zero-order valence-electron chi connectivity index (χ0n) is 11.7. The van der Waals surface area contributed by atoms with E-state index in [-0.39, 0.29) is 5.54 Å². The highest BCUT2D eigenvalue weighted by molar-refractivity contribution is 5.40. The third-order valence-corrected chi connectivity index (χ3v) is 4.31. The minimum atomic E-state index is 0.165. The van der Waals surface area contributed by atoms with Gasteiger partial charge in [0, 0.05) is 0 Å². The molecule has 0 aromatic heterocycles. The SMILES string of the molecule is CCCN1[C@@H](c2ccccc2)[C@@]1(C)c1ccccc1. The Labute approximate surface area is 115 Å². The molecule has 1 saturated heterocycles. The Kier molecular flexibility index (Phi) is 3.16. The van der Waals surface area contributed by atoms with Gasteiger partial charge in [-0.3, -0.25) is 4.90 Å². The lowest BCUT2D eigenvalue weighted by Crippen LogP contribution is -2.12. The van der Waals surface area contributed by atoms with Crippen molar-refractivity contribution in [2.75, 3.05) is 6.54 Å². The van der Waals surface area contributed by atoms with Crippen LogP contribution in [-0.4, -0.2) is 11.4 Å². The molecule has 1 fully saturated rings. The van der Waals surface area contributed by atoms with Crippen LogP contribution in [0.5, 0.6) is 0 Å². The smallest absolute Gasteiger partial charge is 0.0636 e. The van der Waals surface area contributed by atoms with E-state index in [1.165, 1.54) is 17.5 Å². The largest absolute Gasteiger partial charge is 0.283 e. The molecule has 1 heteroatoms. The van der Waals surface area contributed by atoms with Crippen molar-refractivity contribution in [3.8, 4) is 0 Å². The molecule has 1 heterocycles. The second-order valence-corrected chi connectivity index (χ2v) is 5.52. The van der Waals surface area contributed by atoms with Gasteiger partial charge in [-0.15, -0.1) is 0 Å². The molecule has 3 rings (SSSR count). The maximum absolute atomic E-state index is 2.61. The first kappa shape index (κ1) is 12.4. The van der Waals surface area contributed by atoms with Crippen molar-refractivity contribution in [2.24, 2.45) is 0 Å². The molecule has 1 aliphatic rings. The predicted molar refractivity (Wildman–Crippen MR) is 80.0 cm³/mol. The Balaban J connectivity index is 1.96. The van der Waals surface area contributed by atoms with Crippen molar-refractivity contribution < 1.29 is 0 Å². The van der Waals surface area contributed by atoms with Gasteiger partial charge in [0.15, 0.2) is 0 Å². The summed E-state index contributed by atoms with van der Waals surface area (Å²) in [6.07, 6.45) is 1.20. The van der Waals surface area contributed by atoms with E-state index in [1.54, 1.807) is 0 Å². The molecule has 0 bridgehead atoms. The Hall–Kier alpha value is -1.60. The fourth-order valence-corrected chi connectivity index (χ4v) is 3.30. The fourth-order valence-electron chi connectivity index (χ4n) is 3.30. The molecule has 0 aliphatic carbocycles. The summed E-state index contributed by atoms with van der Waals surface area (Å²) in [6, 6.07) is 22.3. The van der Waals surface area contributed by atoms with Crippen LogP contribution in [0.25, 0.3) is 0 Å². The van der Waals surface area contributed by atoms with Gasteiger partial charge in [-0.25, -0.2) is 0 Å². The Morgan fingerprint density at radius 1 is 0.947 bits per heavy atom. The first-order chi connectivity index (χ1) is 9.28. The number of benzene rings is 2. The number of nitrogens with zero attached hydrogens (tertiary/aromatic N) is 1. The molecule has 2 aromatic carbocycles. The summed E-state index contributed by atoms with van der Waals surface area (Å²) in [5.74, 6) is 0. The summed E-state index contributed by atoms with van der Waals surface area (Å²) in [5.41, 5.74) is 3.03. The molecule has 0 spiro atoms. The molecule has 98 valence electrons. The van der Waals surface area contributed by atoms with Crippen LogP contribution in [0.1, 0.15) is 37.4 Å². The fraction of sp³-hybridized carbons (Fsp3) is 0.333. The van der Waals surface area contributed by atoms with E-state index in [0.717, 1.165) is 6.54 Å². The molecule has 2 aromatic rings. The summed E-state index contributed by atoms with van der Waals surface area (Å²) < 4.78 is 0. The predicted octanol–water partition coefficient (Wildman–Crippen LogP) is 4.37. The molecule has 1 nitrogen and oxygen atoms in total. The van der Waals surface area contributed by atoms with Gasteiger partial charge in [0.1, 0.15) is 0 Å². The van der Waals surface area contributed by atoms with Crippen molar-refractivity contribution in [3.05, 3.63) is 71.8 Å².